The number of hydrogen-bond acceptors (Lipinski definition) is 3. The molecule has 2 N–H and O–H groups in total. The van der Waals surface area contributed by atoms with Gasteiger partial charge < -0.3 is 20.1 Å². The number of halogens is 2. The van der Waals surface area contributed by atoms with Crippen molar-refractivity contribution in [3.05, 3.63) is 107 Å². The van der Waals surface area contributed by atoms with Gasteiger partial charge in [-0.3, -0.25) is 9.78 Å². The number of nitrogens with one attached hydrogen (secondary N) is 2. The van der Waals surface area contributed by atoms with Crippen molar-refractivity contribution >= 4 is 46.2 Å². The van der Waals surface area contributed by atoms with Gasteiger partial charge in [-0.2, -0.15) is 0 Å². The van der Waals surface area contributed by atoms with E-state index in [4.69, 9.17) is 23.8 Å². The molecule has 1 fully saturated rings. The first-order chi connectivity index (χ1) is 17.8. The van der Waals surface area contributed by atoms with Crippen LogP contribution in [-0.2, 0) is 4.79 Å². The summed E-state index contributed by atoms with van der Waals surface area (Å²) in [6.45, 7) is 3.64. The smallest absolute Gasteiger partial charge is 0.226 e. The molecule has 0 saturated carbocycles. The van der Waals surface area contributed by atoms with E-state index in [-0.39, 0.29) is 29.7 Å². The van der Waals surface area contributed by atoms with Crippen LogP contribution in [0.15, 0.2) is 85.2 Å². The third-order valence-corrected chi connectivity index (χ3v) is 6.93. The summed E-state index contributed by atoms with van der Waals surface area (Å²) in [5.41, 5.74) is 3.31. The third kappa shape index (κ3) is 4.82. The standard InChI is InChI=1S/C28H25ClFN5OS/c1-17(2)27(36)32-21-13-12-18(16-19(21)29)35-26(25(33-28(35)37)22-9-5-6-14-31-22)24-11-7-15-34(24)23-10-4-3-8-20(23)30/h3-17,25-26H,1-2H3,(H,32,36)(H,33,37)/t25-,26-/m1/s1. The topological polar surface area (TPSA) is 62.2 Å². The lowest BCUT2D eigenvalue weighted by molar-refractivity contribution is -0.118. The Hall–Kier alpha value is -3.75. The first kappa shape index (κ1) is 24.9. The molecule has 1 aliphatic heterocycles. The Kier molecular flexibility index (Phi) is 6.95. The Bertz CT molecular complexity index is 1460. The molecule has 9 heteroatoms. The minimum atomic E-state index is -0.371. The number of anilines is 2. The number of para-hydroxylation sites is 1. The number of hydrogen-bond donors (Lipinski definition) is 2. The zero-order chi connectivity index (χ0) is 26.1. The van der Waals surface area contributed by atoms with E-state index in [0.29, 0.717) is 21.5 Å². The van der Waals surface area contributed by atoms with Crippen LogP contribution in [0.4, 0.5) is 15.8 Å². The van der Waals surface area contributed by atoms with Crippen molar-refractivity contribution in [2.24, 2.45) is 5.92 Å². The van der Waals surface area contributed by atoms with E-state index in [0.717, 1.165) is 17.1 Å². The molecule has 4 aromatic rings. The maximum Gasteiger partial charge on any atom is 0.226 e. The van der Waals surface area contributed by atoms with Crippen LogP contribution in [-0.4, -0.2) is 20.6 Å². The van der Waals surface area contributed by atoms with Gasteiger partial charge in [0, 0.05) is 29.7 Å². The maximum atomic E-state index is 14.9. The number of rotatable bonds is 6. The lowest BCUT2D eigenvalue weighted by Crippen LogP contribution is -2.30. The van der Waals surface area contributed by atoms with Crippen molar-refractivity contribution < 1.29 is 9.18 Å². The minimum Gasteiger partial charge on any atom is -0.351 e. The van der Waals surface area contributed by atoms with Crippen LogP contribution in [0.3, 0.4) is 0 Å². The van der Waals surface area contributed by atoms with Crippen LogP contribution in [0.25, 0.3) is 5.69 Å². The Labute approximate surface area is 225 Å². The van der Waals surface area contributed by atoms with Crippen molar-refractivity contribution in [1.29, 1.82) is 0 Å². The number of carbonyl (C=O) groups is 1. The van der Waals surface area contributed by atoms with Crippen LogP contribution in [0.5, 0.6) is 0 Å². The number of carbonyl (C=O) groups excluding carboxylic acids is 1. The van der Waals surface area contributed by atoms with Crippen LogP contribution in [0, 0.1) is 11.7 Å². The molecule has 3 heterocycles. The van der Waals surface area contributed by atoms with E-state index in [9.17, 15) is 9.18 Å². The number of aromatic nitrogens is 2. The van der Waals surface area contributed by atoms with Gasteiger partial charge >= 0.3 is 0 Å². The van der Waals surface area contributed by atoms with Crippen LogP contribution >= 0.6 is 23.8 Å². The summed E-state index contributed by atoms with van der Waals surface area (Å²) in [7, 11) is 0. The zero-order valence-electron chi connectivity index (χ0n) is 20.2. The van der Waals surface area contributed by atoms with E-state index in [2.05, 4.69) is 15.6 Å². The Morgan fingerprint density at radius 1 is 1.11 bits per heavy atom. The molecule has 0 bridgehead atoms. The summed E-state index contributed by atoms with van der Waals surface area (Å²) in [5, 5.41) is 7.13. The fourth-order valence-corrected chi connectivity index (χ4v) is 5.04. The molecule has 1 amide bonds. The second-order valence-corrected chi connectivity index (χ2v) is 9.85. The van der Waals surface area contributed by atoms with Crippen molar-refractivity contribution in [2.45, 2.75) is 25.9 Å². The van der Waals surface area contributed by atoms with Crippen LogP contribution in [0.1, 0.15) is 37.3 Å². The second-order valence-electron chi connectivity index (χ2n) is 9.06. The van der Waals surface area contributed by atoms with E-state index in [1.54, 1.807) is 36.5 Å². The Balaban J connectivity index is 1.61. The molecule has 1 saturated heterocycles. The average Bonchev–Trinajstić information content (AvgIpc) is 3.50. The highest BCUT2D eigenvalue weighted by Crippen LogP contribution is 2.43. The second kappa shape index (κ2) is 10.3. The highest BCUT2D eigenvalue weighted by Gasteiger charge is 2.42. The first-order valence-corrected chi connectivity index (χ1v) is 12.7. The maximum absolute atomic E-state index is 14.9. The monoisotopic (exact) mass is 533 g/mol. The molecule has 0 radical (unpaired) electrons. The van der Waals surface area contributed by atoms with Gasteiger partial charge in [0.15, 0.2) is 5.11 Å². The lowest BCUT2D eigenvalue weighted by atomic mass is 10.0. The summed E-state index contributed by atoms with van der Waals surface area (Å²) in [6, 6.07) is 20.9. The molecule has 6 nitrogen and oxygen atoms in total. The molecular formula is C28H25ClFN5OS. The van der Waals surface area contributed by atoms with Gasteiger partial charge in [0.25, 0.3) is 0 Å². The first-order valence-electron chi connectivity index (χ1n) is 11.9. The van der Waals surface area contributed by atoms with Crippen molar-refractivity contribution in [1.82, 2.24) is 14.9 Å². The lowest BCUT2D eigenvalue weighted by Gasteiger charge is -2.29. The molecule has 2 atom stereocenters. The fraction of sp³-hybridized carbons (Fsp3) is 0.179. The van der Waals surface area contributed by atoms with Crippen molar-refractivity contribution in [3.8, 4) is 5.69 Å². The highest BCUT2D eigenvalue weighted by atomic mass is 35.5. The molecular weight excluding hydrogens is 509 g/mol. The predicted molar refractivity (Wildman–Crippen MR) is 149 cm³/mol. The quantitative estimate of drug-likeness (QED) is 0.279. The SMILES string of the molecule is CC(C)C(=O)Nc1ccc(N2C(=S)N[C@H](c3ccccn3)[C@H]2c2cccn2-c2ccccc2F)cc1Cl. The van der Waals surface area contributed by atoms with Crippen molar-refractivity contribution in [3.63, 3.8) is 0 Å². The highest BCUT2D eigenvalue weighted by molar-refractivity contribution is 7.80. The van der Waals surface area contributed by atoms with Gasteiger partial charge in [-0.25, -0.2) is 4.39 Å². The van der Waals surface area contributed by atoms with E-state index in [1.165, 1.54) is 6.07 Å². The molecule has 2 aromatic carbocycles. The van der Waals surface area contributed by atoms with Crippen molar-refractivity contribution in [2.75, 3.05) is 10.2 Å². The average molecular weight is 534 g/mol. The summed E-state index contributed by atoms with van der Waals surface area (Å²) in [4.78, 5) is 18.8. The number of benzene rings is 2. The van der Waals surface area contributed by atoms with Gasteiger partial charge in [0.05, 0.1) is 28.1 Å². The number of amides is 1. The zero-order valence-corrected chi connectivity index (χ0v) is 21.8. The Morgan fingerprint density at radius 3 is 2.59 bits per heavy atom. The number of nitrogens with zero attached hydrogens (tertiary/aromatic N) is 3. The predicted octanol–water partition coefficient (Wildman–Crippen LogP) is 6.44. The summed E-state index contributed by atoms with van der Waals surface area (Å²) < 4.78 is 16.7. The van der Waals surface area contributed by atoms with E-state index in [1.807, 2.05) is 65.9 Å². The Morgan fingerprint density at radius 2 is 1.89 bits per heavy atom. The molecule has 188 valence electrons. The number of pyridine rings is 1. The molecule has 0 unspecified atom stereocenters. The normalized spacial score (nSPS) is 17.2. The van der Waals surface area contributed by atoms with E-state index >= 15 is 0 Å². The summed E-state index contributed by atoms with van der Waals surface area (Å²) in [5.74, 6) is -0.632. The molecule has 0 aliphatic carbocycles. The molecule has 37 heavy (non-hydrogen) atoms. The number of thiocarbonyl (C=S) groups is 1. The van der Waals surface area contributed by atoms with Gasteiger partial charge in [-0.05, 0) is 66.8 Å². The van der Waals surface area contributed by atoms with Crippen LogP contribution in [0.2, 0.25) is 5.02 Å². The van der Waals surface area contributed by atoms with Gasteiger partial charge in [0.1, 0.15) is 11.9 Å². The minimum absolute atomic E-state index is 0.121. The third-order valence-electron chi connectivity index (χ3n) is 6.31. The molecule has 1 aliphatic rings. The van der Waals surface area contributed by atoms with Gasteiger partial charge in [0.2, 0.25) is 5.91 Å². The van der Waals surface area contributed by atoms with Gasteiger partial charge in [-0.1, -0.05) is 43.6 Å². The largest absolute Gasteiger partial charge is 0.351 e. The van der Waals surface area contributed by atoms with E-state index < -0.39 is 0 Å². The van der Waals surface area contributed by atoms with Gasteiger partial charge in [-0.15, -0.1) is 0 Å². The van der Waals surface area contributed by atoms with Crippen LogP contribution < -0.4 is 15.5 Å². The molecule has 5 rings (SSSR count). The summed E-state index contributed by atoms with van der Waals surface area (Å²) >= 11 is 12.4. The molecule has 2 aromatic heterocycles. The molecule has 0 spiro atoms. The summed E-state index contributed by atoms with van der Waals surface area (Å²) in [6.07, 6.45) is 3.57. The fourth-order valence-electron chi connectivity index (χ4n) is 4.47.